The highest BCUT2D eigenvalue weighted by Crippen LogP contribution is 2.22. The minimum absolute atomic E-state index is 0.0157. The van der Waals surface area contributed by atoms with Crippen molar-refractivity contribution < 1.29 is 27.4 Å². The number of primary sulfonamides is 1. The average Bonchev–Trinajstić information content (AvgIpc) is 2.58. The molecule has 0 aromatic heterocycles. The summed E-state index contributed by atoms with van der Waals surface area (Å²) in [5.41, 5.74) is 0.0258. The molecule has 134 valence electrons. The summed E-state index contributed by atoms with van der Waals surface area (Å²) >= 11 is 5.76. The third-order valence-corrected chi connectivity index (χ3v) is 4.51. The van der Waals surface area contributed by atoms with E-state index in [-0.39, 0.29) is 28.7 Å². The van der Waals surface area contributed by atoms with Crippen molar-refractivity contribution >= 4 is 27.6 Å². The lowest BCUT2D eigenvalue weighted by molar-refractivity contribution is 0.0450. The van der Waals surface area contributed by atoms with E-state index >= 15 is 0 Å². The fraction of sp³-hybridized carbons (Fsp3) is 0.188. The Morgan fingerprint density at radius 1 is 1.08 bits per heavy atom. The monoisotopic (exact) mass is 385 g/mol. The topological polar surface area (TPSA) is 105 Å². The Morgan fingerprint density at radius 3 is 2.32 bits per heavy atom. The van der Waals surface area contributed by atoms with Gasteiger partial charge in [0.15, 0.2) is 0 Å². The number of benzene rings is 2. The van der Waals surface area contributed by atoms with Crippen molar-refractivity contribution in [3.63, 3.8) is 0 Å². The predicted molar refractivity (Wildman–Crippen MR) is 91.6 cm³/mol. The van der Waals surface area contributed by atoms with Crippen LogP contribution in [0.1, 0.15) is 10.4 Å². The van der Waals surface area contributed by atoms with E-state index in [0.717, 1.165) is 6.07 Å². The molecule has 2 N–H and O–H groups in total. The first-order valence-corrected chi connectivity index (χ1v) is 9.00. The molecule has 0 atom stereocenters. The maximum Gasteiger partial charge on any atom is 0.338 e. The summed E-state index contributed by atoms with van der Waals surface area (Å²) in [6.07, 6.45) is 0. The van der Waals surface area contributed by atoms with Gasteiger partial charge in [0.1, 0.15) is 29.6 Å². The Bertz CT molecular complexity index is 851. The van der Waals surface area contributed by atoms with Gasteiger partial charge in [-0.2, -0.15) is 0 Å². The van der Waals surface area contributed by atoms with Crippen LogP contribution in [0.2, 0.25) is 5.02 Å². The molecule has 9 heteroatoms. The minimum atomic E-state index is -4.03. The molecule has 25 heavy (non-hydrogen) atoms. The fourth-order valence-electron chi connectivity index (χ4n) is 1.90. The van der Waals surface area contributed by atoms with E-state index in [2.05, 4.69) is 0 Å². The van der Waals surface area contributed by atoms with E-state index in [1.165, 1.54) is 12.1 Å². The highest BCUT2D eigenvalue weighted by atomic mass is 35.5. The molecule has 2 rings (SSSR count). The SMILES string of the molecule is COc1ccc(OCCOC(=O)c2ccc(Cl)c(S(N)(=O)=O)c2)cc1. The molecule has 0 aliphatic rings. The third kappa shape index (κ3) is 5.35. The molecule has 0 aliphatic carbocycles. The van der Waals surface area contributed by atoms with E-state index < -0.39 is 16.0 Å². The quantitative estimate of drug-likeness (QED) is 0.578. The average molecular weight is 386 g/mol. The van der Waals surface area contributed by atoms with Crippen LogP contribution in [-0.4, -0.2) is 34.7 Å². The molecule has 2 aromatic carbocycles. The highest BCUT2D eigenvalue weighted by Gasteiger charge is 2.17. The zero-order valence-electron chi connectivity index (χ0n) is 13.3. The summed E-state index contributed by atoms with van der Waals surface area (Å²) in [4.78, 5) is 11.6. The number of hydrogen-bond acceptors (Lipinski definition) is 6. The molecular weight excluding hydrogens is 370 g/mol. The molecule has 0 amide bonds. The number of methoxy groups -OCH3 is 1. The summed E-state index contributed by atoms with van der Waals surface area (Å²) < 4.78 is 38.3. The summed E-state index contributed by atoms with van der Waals surface area (Å²) in [6, 6.07) is 10.6. The van der Waals surface area contributed by atoms with Crippen LogP contribution >= 0.6 is 11.6 Å². The second-order valence-electron chi connectivity index (χ2n) is 4.85. The number of esters is 1. The van der Waals surface area contributed by atoms with E-state index in [9.17, 15) is 13.2 Å². The number of nitrogens with two attached hydrogens (primary N) is 1. The zero-order valence-corrected chi connectivity index (χ0v) is 14.8. The molecule has 0 aliphatic heterocycles. The van der Waals surface area contributed by atoms with Crippen molar-refractivity contribution in [2.24, 2.45) is 5.14 Å². The second-order valence-corrected chi connectivity index (χ2v) is 6.79. The van der Waals surface area contributed by atoms with Gasteiger partial charge in [-0.25, -0.2) is 18.4 Å². The van der Waals surface area contributed by atoms with Crippen LogP contribution < -0.4 is 14.6 Å². The Morgan fingerprint density at radius 2 is 1.72 bits per heavy atom. The maximum atomic E-state index is 12.0. The molecule has 7 nitrogen and oxygen atoms in total. The summed E-state index contributed by atoms with van der Waals surface area (Å²) in [6.45, 7) is 0.117. The van der Waals surface area contributed by atoms with Gasteiger partial charge in [0.05, 0.1) is 17.7 Å². The molecule has 0 heterocycles. The molecule has 0 saturated heterocycles. The first kappa shape index (κ1) is 19.0. The molecule has 0 spiro atoms. The second kappa shape index (κ2) is 8.19. The summed E-state index contributed by atoms with van der Waals surface area (Å²) in [5, 5.41) is 4.97. The van der Waals surface area contributed by atoms with Gasteiger partial charge < -0.3 is 14.2 Å². The Labute approximate surface area is 150 Å². The van der Waals surface area contributed by atoms with E-state index in [4.69, 9.17) is 31.0 Å². The van der Waals surface area contributed by atoms with Gasteiger partial charge in [0, 0.05) is 0 Å². The summed E-state index contributed by atoms with van der Waals surface area (Å²) in [7, 11) is -2.47. The maximum absolute atomic E-state index is 12.0. The first-order chi connectivity index (χ1) is 11.8. The van der Waals surface area contributed by atoms with Crippen molar-refractivity contribution in [2.75, 3.05) is 20.3 Å². The van der Waals surface area contributed by atoms with Crippen LogP contribution in [0, 0.1) is 0 Å². The Hall–Kier alpha value is -2.29. The van der Waals surface area contributed by atoms with Crippen LogP contribution in [-0.2, 0) is 14.8 Å². The van der Waals surface area contributed by atoms with Crippen molar-refractivity contribution in [1.29, 1.82) is 0 Å². The van der Waals surface area contributed by atoms with Crippen molar-refractivity contribution in [3.8, 4) is 11.5 Å². The highest BCUT2D eigenvalue weighted by molar-refractivity contribution is 7.89. The summed E-state index contributed by atoms with van der Waals surface area (Å²) in [5.74, 6) is 0.590. The number of rotatable bonds is 7. The normalized spacial score (nSPS) is 11.0. The Balaban J connectivity index is 1.90. The van der Waals surface area contributed by atoms with Gasteiger partial charge in [-0.05, 0) is 42.5 Å². The number of carbonyl (C=O) groups excluding carboxylic acids is 1. The molecule has 0 bridgehead atoms. The number of sulfonamides is 1. The zero-order chi connectivity index (χ0) is 18.4. The first-order valence-electron chi connectivity index (χ1n) is 7.07. The number of hydrogen-bond donors (Lipinski definition) is 1. The number of carbonyl (C=O) groups is 1. The lowest BCUT2D eigenvalue weighted by atomic mass is 10.2. The fourth-order valence-corrected chi connectivity index (χ4v) is 2.97. The molecular formula is C16H16ClNO6S. The van der Waals surface area contributed by atoms with Gasteiger partial charge in [0.2, 0.25) is 10.0 Å². The minimum Gasteiger partial charge on any atom is -0.497 e. The standard InChI is InChI=1S/C16H16ClNO6S/c1-22-12-3-5-13(6-4-12)23-8-9-24-16(19)11-2-7-14(17)15(10-11)25(18,20)21/h2-7,10H,8-9H2,1H3,(H2,18,20,21). The lowest BCUT2D eigenvalue weighted by Crippen LogP contribution is -2.15. The smallest absolute Gasteiger partial charge is 0.338 e. The predicted octanol–water partition coefficient (Wildman–Crippen LogP) is 2.23. The van der Waals surface area contributed by atoms with Crippen LogP contribution in [0.3, 0.4) is 0 Å². The third-order valence-electron chi connectivity index (χ3n) is 3.12. The molecule has 0 fully saturated rings. The molecule has 0 unspecified atom stereocenters. The van der Waals surface area contributed by atoms with Gasteiger partial charge in [-0.3, -0.25) is 0 Å². The van der Waals surface area contributed by atoms with Crippen LogP contribution in [0.15, 0.2) is 47.4 Å². The molecule has 0 radical (unpaired) electrons. The largest absolute Gasteiger partial charge is 0.497 e. The van der Waals surface area contributed by atoms with Gasteiger partial charge in [-0.15, -0.1) is 0 Å². The van der Waals surface area contributed by atoms with Gasteiger partial charge in [-0.1, -0.05) is 11.6 Å². The van der Waals surface area contributed by atoms with Gasteiger partial charge in [0.25, 0.3) is 0 Å². The number of halogens is 1. The van der Waals surface area contributed by atoms with Gasteiger partial charge >= 0.3 is 5.97 Å². The molecule has 0 saturated carbocycles. The van der Waals surface area contributed by atoms with Crippen molar-refractivity contribution in [3.05, 3.63) is 53.1 Å². The van der Waals surface area contributed by atoms with E-state index in [1.807, 2.05) is 0 Å². The van der Waals surface area contributed by atoms with Crippen LogP contribution in [0.4, 0.5) is 0 Å². The molecule has 2 aromatic rings. The van der Waals surface area contributed by atoms with E-state index in [0.29, 0.717) is 11.5 Å². The van der Waals surface area contributed by atoms with Crippen LogP contribution in [0.25, 0.3) is 0 Å². The Kier molecular flexibility index (Phi) is 6.24. The van der Waals surface area contributed by atoms with Crippen molar-refractivity contribution in [1.82, 2.24) is 0 Å². The van der Waals surface area contributed by atoms with Crippen molar-refractivity contribution in [2.45, 2.75) is 4.90 Å². The number of ether oxygens (including phenoxy) is 3. The lowest BCUT2D eigenvalue weighted by Gasteiger charge is -2.09. The van der Waals surface area contributed by atoms with E-state index in [1.54, 1.807) is 31.4 Å². The van der Waals surface area contributed by atoms with Crippen LogP contribution in [0.5, 0.6) is 11.5 Å².